The highest BCUT2D eigenvalue weighted by Gasteiger charge is 2.35. The van der Waals surface area contributed by atoms with Gasteiger partial charge in [0.1, 0.15) is 5.60 Å². The van der Waals surface area contributed by atoms with Gasteiger partial charge in [0.15, 0.2) is 0 Å². The van der Waals surface area contributed by atoms with E-state index in [0.29, 0.717) is 31.4 Å². The topological polar surface area (TPSA) is 75.7 Å². The standard InChI is InChI=1S/C25H30N2O4/c1-25(2,3)31-24(30)26-20-12-9-18(10-13-20)11-15-22(28)27-21(14-16-23(27)29)17-19-7-5-4-6-8-19/h4-10,12-13,21H,11,14-17H2,1-3H3,(H,26,30)/t21-/m0/s1. The lowest BCUT2D eigenvalue weighted by Gasteiger charge is -2.23. The molecule has 1 atom stereocenters. The predicted molar refractivity (Wildman–Crippen MR) is 120 cm³/mol. The molecule has 0 aliphatic carbocycles. The highest BCUT2D eigenvalue weighted by Crippen LogP contribution is 2.24. The van der Waals surface area contributed by atoms with E-state index in [9.17, 15) is 14.4 Å². The van der Waals surface area contributed by atoms with E-state index in [1.165, 1.54) is 4.90 Å². The molecule has 1 saturated heterocycles. The minimum Gasteiger partial charge on any atom is -0.444 e. The van der Waals surface area contributed by atoms with E-state index in [2.05, 4.69) is 5.32 Å². The van der Waals surface area contributed by atoms with Gasteiger partial charge in [0.05, 0.1) is 0 Å². The van der Waals surface area contributed by atoms with Crippen LogP contribution < -0.4 is 5.32 Å². The first-order valence-electron chi connectivity index (χ1n) is 10.7. The van der Waals surface area contributed by atoms with Gasteiger partial charge in [0, 0.05) is 24.6 Å². The van der Waals surface area contributed by atoms with Crippen LogP contribution in [0.5, 0.6) is 0 Å². The van der Waals surface area contributed by atoms with Gasteiger partial charge in [-0.3, -0.25) is 19.8 Å². The summed E-state index contributed by atoms with van der Waals surface area (Å²) >= 11 is 0. The van der Waals surface area contributed by atoms with Crippen LogP contribution in [-0.2, 0) is 27.2 Å². The SMILES string of the molecule is CC(C)(C)OC(=O)Nc1ccc(CCC(=O)N2C(=O)CC[C@H]2Cc2ccccc2)cc1. The number of likely N-dealkylation sites (tertiary alicyclic amines) is 1. The van der Waals surface area contributed by atoms with Crippen LogP contribution >= 0.6 is 0 Å². The summed E-state index contributed by atoms with van der Waals surface area (Å²) < 4.78 is 5.24. The number of hydrogen-bond donors (Lipinski definition) is 1. The largest absolute Gasteiger partial charge is 0.444 e. The van der Waals surface area contributed by atoms with Crippen LogP contribution in [0.1, 0.15) is 51.2 Å². The van der Waals surface area contributed by atoms with Gasteiger partial charge in [-0.2, -0.15) is 0 Å². The summed E-state index contributed by atoms with van der Waals surface area (Å²) in [5.74, 6) is -0.206. The van der Waals surface area contributed by atoms with Crippen LogP contribution in [0.3, 0.4) is 0 Å². The van der Waals surface area contributed by atoms with Crippen molar-refractivity contribution in [3.8, 4) is 0 Å². The number of nitrogens with one attached hydrogen (secondary N) is 1. The quantitative estimate of drug-likeness (QED) is 0.730. The Hall–Kier alpha value is -3.15. The van der Waals surface area contributed by atoms with Crippen molar-refractivity contribution in [2.45, 2.75) is 64.5 Å². The van der Waals surface area contributed by atoms with Crippen molar-refractivity contribution in [1.29, 1.82) is 0 Å². The maximum Gasteiger partial charge on any atom is 0.412 e. The van der Waals surface area contributed by atoms with E-state index < -0.39 is 11.7 Å². The molecule has 1 heterocycles. The van der Waals surface area contributed by atoms with Crippen LogP contribution in [0.4, 0.5) is 10.5 Å². The first kappa shape index (κ1) is 22.5. The number of amides is 3. The smallest absolute Gasteiger partial charge is 0.412 e. The predicted octanol–water partition coefficient (Wildman–Crippen LogP) is 4.73. The molecule has 2 aromatic rings. The third kappa shape index (κ3) is 6.67. The first-order chi connectivity index (χ1) is 14.7. The van der Waals surface area contributed by atoms with Crippen LogP contribution in [0.15, 0.2) is 54.6 Å². The normalized spacial score (nSPS) is 16.3. The van der Waals surface area contributed by atoms with Crippen molar-refractivity contribution in [3.63, 3.8) is 0 Å². The van der Waals surface area contributed by atoms with E-state index in [1.54, 1.807) is 12.1 Å². The fourth-order valence-electron chi connectivity index (χ4n) is 3.71. The molecule has 2 aromatic carbocycles. The molecule has 6 heteroatoms. The van der Waals surface area contributed by atoms with Crippen molar-refractivity contribution < 1.29 is 19.1 Å². The van der Waals surface area contributed by atoms with E-state index >= 15 is 0 Å². The summed E-state index contributed by atoms with van der Waals surface area (Å²) in [4.78, 5) is 38.4. The molecule has 164 valence electrons. The Kier molecular flexibility index (Phi) is 7.10. The Morgan fingerprint density at radius 1 is 1.03 bits per heavy atom. The number of benzene rings is 2. The molecule has 1 aliphatic rings. The van der Waals surface area contributed by atoms with E-state index in [0.717, 1.165) is 11.1 Å². The molecule has 1 N–H and O–H groups in total. The van der Waals surface area contributed by atoms with Crippen molar-refractivity contribution >= 4 is 23.6 Å². The lowest BCUT2D eigenvalue weighted by molar-refractivity contribution is -0.143. The van der Waals surface area contributed by atoms with Gasteiger partial charge in [0.2, 0.25) is 11.8 Å². The summed E-state index contributed by atoms with van der Waals surface area (Å²) in [5, 5.41) is 2.69. The number of carbonyl (C=O) groups is 3. The van der Waals surface area contributed by atoms with Crippen molar-refractivity contribution in [2.75, 3.05) is 5.32 Å². The van der Waals surface area contributed by atoms with Gasteiger partial charge in [-0.1, -0.05) is 42.5 Å². The molecule has 1 aliphatic heterocycles. The number of anilines is 1. The van der Waals surface area contributed by atoms with E-state index in [1.807, 2.05) is 63.2 Å². The third-order valence-electron chi connectivity index (χ3n) is 5.13. The zero-order valence-corrected chi connectivity index (χ0v) is 18.4. The van der Waals surface area contributed by atoms with Gasteiger partial charge in [-0.05, 0) is 63.3 Å². The average Bonchev–Trinajstić information content (AvgIpc) is 3.06. The second-order valence-corrected chi connectivity index (χ2v) is 8.86. The monoisotopic (exact) mass is 422 g/mol. The summed E-state index contributed by atoms with van der Waals surface area (Å²) in [7, 11) is 0. The van der Waals surface area contributed by atoms with Gasteiger partial charge in [-0.15, -0.1) is 0 Å². The summed E-state index contributed by atoms with van der Waals surface area (Å²) in [6, 6.07) is 17.2. The Morgan fingerprint density at radius 2 is 1.71 bits per heavy atom. The van der Waals surface area contributed by atoms with Crippen LogP contribution in [0.2, 0.25) is 0 Å². The van der Waals surface area contributed by atoms with Gasteiger partial charge in [-0.25, -0.2) is 4.79 Å². The van der Waals surface area contributed by atoms with Gasteiger partial charge >= 0.3 is 6.09 Å². The summed E-state index contributed by atoms with van der Waals surface area (Å²) in [5.41, 5.74) is 2.17. The molecule has 0 aromatic heterocycles. The second kappa shape index (κ2) is 9.77. The number of nitrogens with zero attached hydrogens (tertiary/aromatic N) is 1. The van der Waals surface area contributed by atoms with E-state index in [4.69, 9.17) is 4.74 Å². The Morgan fingerprint density at radius 3 is 2.35 bits per heavy atom. The minimum absolute atomic E-state index is 0.0668. The molecule has 0 spiro atoms. The molecule has 3 amide bonds. The molecule has 0 saturated carbocycles. The zero-order valence-electron chi connectivity index (χ0n) is 18.4. The van der Waals surface area contributed by atoms with Crippen LogP contribution in [0.25, 0.3) is 0 Å². The zero-order chi connectivity index (χ0) is 22.4. The molecular weight excluding hydrogens is 392 g/mol. The van der Waals surface area contributed by atoms with Crippen LogP contribution in [-0.4, -0.2) is 34.5 Å². The Labute approximate surface area is 183 Å². The number of imide groups is 1. The summed E-state index contributed by atoms with van der Waals surface area (Å²) in [6.45, 7) is 5.42. The number of hydrogen-bond acceptors (Lipinski definition) is 4. The summed E-state index contributed by atoms with van der Waals surface area (Å²) in [6.07, 6.45) is 2.14. The fourth-order valence-corrected chi connectivity index (χ4v) is 3.71. The molecule has 0 bridgehead atoms. The maximum absolute atomic E-state index is 12.8. The molecular formula is C25H30N2O4. The highest BCUT2D eigenvalue weighted by molar-refractivity contribution is 5.97. The van der Waals surface area contributed by atoms with E-state index in [-0.39, 0.29) is 24.3 Å². The number of carbonyl (C=O) groups excluding carboxylic acids is 3. The first-order valence-corrected chi connectivity index (χ1v) is 10.7. The van der Waals surface area contributed by atoms with Gasteiger partial charge < -0.3 is 4.74 Å². The second-order valence-electron chi connectivity index (χ2n) is 8.86. The average molecular weight is 423 g/mol. The highest BCUT2D eigenvalue weighted by atomic mass is 16.6. The Bertz CT molecular complexity index is 917. The van der Waals surface area contributed by atoms with Crippen LogP contribution in [0, 0.1) is 0 Å². The van der Waals surface area contributed by atoms with Crippen molar-refractivity contribution in [3.05, 3.63) is 65.7 Å². The minimum atomic E-state index is -0.560. The third-order valence-corrected chi connectivity index (χ3v) is 5.13. The number of aryl methyl sites for hydroxylation is 1. The molecule has 3 rings (SSSR count). The Balaban J connectivity index is 1.53. The molecule has 0 unspecified atom stereocenters. The van der Waals surface area contributed by atoms with Gasteiger partial charge in [0.25, 0.3) is 0 Å². The molecule has 0 radical (unpaired) electrons. The number of ether oxygens (including phenoxy) is 1. The lowest BCUT2D eigenvalue weighted by atomic mass is 10.0. The maximum atomic E-state index is 12.8. The number of rotatable bonds is 6. The lowest BCUT2D eigenvalue weighted by Crippen LogP contribution is -2.39. The van der Waals surface area contributed by atoms with Crippen molar-refractivity contribution in [1.82, 2.24) is 4.90 Å². The molecule has 1 fully saturated rings. The van der Waals surface area contributed by atoms with Crippen molar-refractivity contribution in [2.24, 2.45) is 0 Å². The molecule has 6 nitrogen and oxygen atoms in total. The fraction of sp³-hybridized carbons (Fsp3) is 0.400. The molecule has 31 heavy (non-hydrogen) atoms.